The van der Waals surface area contributed by atoms with Crippen LogP contribution < -0.4 is 25.4 Å². The van der Waals surface area contributed by atoms with Gasteiger partial charge in [0.15, 0.2) is 12.4 Å². The Hall–Kier alpha value is -5.12. The van der Waals surface area contributed by atoms with Gasteiger partial charge in [-0.25, -0.2) is 4.98 Å². The first kappa shape index (κ1) is 27.4. The molecule has 1 aliphatic rings. The predicted octanol–water partition coefficient (Wildman–Crippen LogP) is 3.00. The highest BCUT2D eigenvalue weighted by Gasteiger charge is 2.31. The van der Waals surface area contributed by atoms with Crippen LogP contribution in [0.3, 0.4) is 0 Å². The number of nitrogens with zero attached hydrogens (tertiary/aromatic N) is 3. The number of fused-ring (bicyclic) bond motifs is 1. The number of aryl methyl sites for hydroxylation is 1. The van der Waals surface area contributed by atoms with Gasteiger partial charge in [0, 0.05) is 19.2 Å². The van der Waals surface area contributed by atoms with Crippen molar-refractivity contribution in [2.45, 2.75) is 32.5 Å². The Labute approximate surface area is 237 Å². The van der Waals surface area contributed by atoms with E-state index in [1.54, 1.807) is 67.0 Å². The van der Waals surface area contributed by atoms with Gasteiger partial charge in [0.05, 0.1) is 36.9 Å². The molecule has 1 unspecified atom stereocenters. The molecule has 1 aliphatic heterocycles. The molecule has 10 heteroatoms. The van der Waals surface area contributed by atoms with Gasteiger partial charge in [-0.3, -0.25) is 19.3 Å². The highest BCUT2D eigenvalue weighted by atomic mass is 16.5. The van der Waals surface area contributed by atoms with Crippen LogP contribution in [0.25, 0.3) is 0 Å². The predicted molar refractivity (Wildman–Crippen MR) is 153 cm³/mol. The molecule has 2 heterocycles. The van der Waals surface area contributed by atoms with Crippen LogP contribution in [0.4, 0.5) is 5.69 Å². The van der Waals surface area contributed by atoms with Gasteiger partial charge in [0.2, 0.25) is 5.91 Å². The van der Waals surface area contributed by atoms with Crippen LogP contribution in [0.5, 0.6) is 11.5 Å². The monoisotopic (exact) mass is 553 g/mol. The van der Waals surface area contributed by atoms with E-state index in [0.717, 1.165) is 16.8 Å². The van der Waals surface area contributed by atoms with Crippen LogP contribution in [0.15, 0.2) is 79.3 Å². The second-order valence-corrected chi connectivity index (χ2v) is 9.90. The molecule has 0 spiro atoms. The lowest BCUT2D eigenvalue weighted by atomic mass is 10.0. The molecule has 5 rings (SSSR count). The summed E-state index contributed by atoms with van der Waals surface area (Å²) in [6.45, 7) is 2.66. The molecule has 0 saturated heterocycles. The third kappa shape index (κ3) is 6.22. The molecule has 210 valence electrons. The summed E-state index contributed by atoms with van der Waals surface area (Å²) in [5.74, 6) is -0.496. The molecule has 3 aromatic carbocycles. The number of hydrogen-bond donors (Lipinski definition) is 2. The lowest BCUT2D eigenvalue weighted by molar-refractivity contribution is -0.121. The molecule has 0 saturated carbocycles. The molecule has 10 nitrogen and oxygen atoms in total. The molecule has 41 heavy (non-hydrogen) atoms. The number of methoxy groups -OCH3 is 1. The number of carbonyl (C=O) groups excluding carboxylic acids is 3. The quantitative estimate of drug-likeness (QED) is 0.311. The number of hydrogen-bond acceptors (Lipinski definition) is 6. The second kappa shape index (κ2) is 12.0. The molecular formula is C31H31N5O5. The third-order valence-corrected chi connectivity index (χ3v) is 7.01. The number of ether oxygens (including phenoxy) is 2. The van der Waals surface area contributed by atoms with Crippen LogP contribution >= 0.6 is 0 Å². The number of primary amides is 1. The van der Waals surface area contributed by atoms with Crippen LogP contribution in [-0.4, -0.2) is 47.0 Å². The van der Waals surface area contributed by atoms with Crippen molar-refractivity contribution in [1.29, 1.82) is 0 Å². The highest BCUT2D eigenvalue weighted by molar-refractivity contribution is 6.05. The number of aromatic nitrogens is 2. The zero-order valence-corrected chi connectivity index (χ0v) is 22.9. The van der Waals surface area contributed by atoms with E-state index in [2.05, 4.69) is 34.6 Å². The average molecular weight is 554 g/mol. The van der Waals surface area contributed by atoms with Gasteiger partial charge in [-0.1, -0.05) is 48.0 Å². The lowest BCUT2D eigenvalue weighted by Gasteiger charge is -2.30. The smallest absolute Gasteiger partial charge is 0.265 e. The van der Waals surface area contributed by atoms with Crippen molar-refractivity contribution in [2.24, 2.45) is 5.73 Å². The number of nitrogens with two attached hydrogens (primary N) is 1. The van der Waals surface area contributed by atoms with Crippen molar-refractivity contribution in [3.63, 3.8) is 0 Å². The zero-order chi connectivity index (χ0) is 28.9. The lowest BCUT2D eigenvalue weighted by Crippen LogP contribution is -2.46. The summed E-state index contributed by atoms with van der Waals surface area (Å²) >= 11 is 0. The molecule has 0 radical (unpaired) electrons. The summed E-state index contributed by atoms with van der Waals surface area (Å²) < 4.78 is 12.9. The van der Waals surface area contributed by atoms with Gasteiger partial charge in [0.25, 0.3) is 11.8 Å². The Morgan fingerprint density at radius 1 is 1.05 bits per heavy atom. The summed E-state index contributed by atoms with van der Waals surface area (Å²) in [7, 11) is 1.57. The summed E-state index contributed by atoms with van der Waals surface area (Å²) in [5.41, 5.74) is 10.2. The van der Waals surface area contributed by atoms with Crippen molar-refractivity contribution in [2.75, 3.05) is 18.6 Å². The second-order valence-electron chi connectivity index (χ2n) is 9.90. The van der Waals surface area contributed by atoms with Crippen molar-refractivity contribution < 1.29 is 23.9 Å². The number of rotatable bonds is 10. The summed E-state index contributed by atoms with van der Waals surface area (Å²) in [6.07, 6.45) is 3.66. The molecule has 1 aromatic heterocycles. The number of imidazole rings is 1. The minimum Gasteiger partial charge on any atom is -0.497 e. The van der Waals surface area contributed by atoms with Crippen molar-refractivity contribution in [3.05, 3.63) is 107 Å². The fraction of sp³-hybridized carbons (Fsp3) is 0.226. The molecule has 0 fully saturated rings. The van der Waals surface area contributed by atoms with E-state index in [4.69, 9.17) is 15.2 Å². The van der Waals surface area contributed by atoms with Gasteiger partial charge in [-0.05, 0) is 42.3 Å². The highest BCUT2D eigenvalue weighted by Crippen LogP contribution is 2.36. The van der Waals surface area contributed by atoms with E-state index in [0.29, 0.717) is 18.0 Å². The normalized spacial score (nSPS) is 13.2. The molecule has 1 atom stereocenters. The maximum absolute atomic E-state index is 13.4. The number of carbonyl (C=O) groups is 3. The van der Waals surface area contributed by atoms with Crippen molar-refractivity contribution >= 4 is 23.4 Å². The maximum atomic E-state index is 13.4. The van der Waals surface area contributed by atoms with E-state index in [1.165, 1.54) is 5.56 Å². The van der Waals surface area contributed by atoms with E-state index in [9.17, 15) is 14.4 Å². The Morgan fingerprint density at radius 2 is 1.78 bits per heavy atom. The molecule has 3 N–H and O–H groups in total. The third-order valence-electron chi connectivity index (χ3n) is 7.01. The molecule has 0 aliphatic carbocycles. The Bertz CT molecular complexity index is 1560. The standard InChI is InChI=1S/C31H31N5O5/c1-20-6-8-22(9-7-20)16-35-19-33-15-23(35)17-36-27-5-3-4-25(29(27)41-18-28(36)37)31(39)34-26(30(32)38)14-21-10-12-24(40-2)13-11-21/h3-13,15,19,26H,14,16-18H2,1-2H3,(H2,32,38)(H,34,39). The zero-order valence-electron chi connectivity index (χ0n) is 22.9. The van der Waals surface area contributed by atoms with Gasteiger partial charge in [-0.15, -0.1) is 0 Å². The molecule has 3 amide bonds. The van der Waals surface area contributed by atoms with Crippen LogP contribution in [0, 0.1) is 6.92 Å². The number of nitrogens with one attached hydrogen (secondary N) is 1. The van der Waals surface area contributed by atoms with E-state index < -0.39 is 17.9 Å². The first-order valence-electron chi connectivity index (χ1n) is 13.2. The fourth-order valence-corrected chi connectivity index (χ4v) is 4.72. The summed E-state index contributed by atoms with van der Waals surface area (Å²) in [6, 6.07) is 19.4. The van der Waals surface area contributed by atoms with E-state index >= 15 is 0 Å². The van der Waals surface area contributed by atoms with E-state index in [-0.39, 0.29) is 36.8 Å². The summed E-state index contributed by atoms with van der Waals surface area (Å²) in [5, 5.41) is 2.73. The molecular weight excluding hydrogens is 522 g/mol. The molecule has 0 bridgehead atoms. The van der Waals surface area contributed by atoms with Crippen molar-refractivity contribution in [1.82, 2.24) is 14.9 Å². The SMILES string of the molecule is COc1ccc(CC(NC(=O)c2cccc3c2OCC(=O)N3Cc2cncn2Cc2ccc(C)cc2)C(N)=O)cc1. The number of amides is 3. The maximum Gasteiger partial charge on any atom is 0.265 e. The van der Waals surface area contributed by atoms with Crippen LogP contribution in [0.1, 0.15) is 32.7 Å². The van der Waals surface area contributed by atoms with Gasteiger partial charge in [0.1, 0.15) is 11.8 Å². The number of benzene rings is 3. The van der Waals surface area contributed by atoms with Crippen LogP contribution in [-0.2, 0) is 29.1 Å². The minimum absolute atomic E-state index is 0.203. The number of anilines is 1. The first-order chi connectivity index (χ1) is 19.8. The minimum atomic E-state index is -0.954. The molecule has 4 aromatic rings. The van der Waals surface area contributed by atoms with Crippen LogP contribution in [0.2, 0.25) is 0 Å². The van der Waals surface area contributed by atoms with E-state index in [1.807, 2.05) is 11.5 Å². The van der Waals surface area contributed by atoms with Gasteiger partial charge < -0.3 is 25.1 Å². The van der Waals surface area contributed by atoms with Gasteiger partial charge in [-0.2, -0.15) is 0 Å². The summed E-state index contributed by atoms with van der Waals surface area (Å²) in [4.78, 5) is 44.5. The fourth-order valence-electron chi connectivity index (χ4n) is 4.72. The topological polar surface area (TPSA) is 129 Å². The number of para-hydroxylation sites is 1. The Balaban J connectivity index is 1.35. The Kier molecular flexibility index (Phi) is 8.00. The average Bonchev–Trinajstić information content (AvgIpc) is 3.41. The van der Waals surface area contributed by atoms with Crippen molar-refractivity contribution in [3.8, 4) is 11.5 Å². The van der Waals surface area contributed by atoms with Gasteiger partial charge >= 0.3 is 0 Å². The Morgan fingerprint density at radius 3 is 2.49 bits per heavy atom. The largest absolute Gasteiger partial charge is 0.497 e. The first-order valence-corrected chi connectivity index (χ1v) is 13.2.